The van der Waals surface area contributed by atoms with Gasteiger partial charge in [0.2, 0.25) is 5.91 Å². The van der Waals surface area contributed by atoms with Crippen LogP contribution in [0.25, 0.3) is 5.69 Å². The van der Waals surface area contributed by atoms with E-state index in [1.807, 2.05) is 26.0 Å². The molecule has 0 saturated carbocycles. The first-order valence-corrected chi connectivity index (χ1v) is 8.13. The highest BCUT2D eigenvalue weighted by atomic mass is 35.5. The van der Waals surface area contributed by atoms with Crippen molar-refractivity contribution < 1.29 is 19.4 Å². The maximum Gasteiger partial charge on any atom is 0.329 e. The van der Waals surface area contributed by atoms with Gasteiger partial charge >= 0.3 is 5.97 Å². The van der Waals surface area contributed by atoms with Crippen LogP contribution in [-0.4, -0.2) is 46.5 Å². The van der Waals surface area contributed by atoms with E-state index < -0.39 is 5.97 Å². The van der Waals surface area contributed by atoms with Crippen LogP contribution in [0.5, 0.6) is 0 Å². The predicted molar refractivity (Wildman–Crippen MR) is 93.2 cm³/mol. The molecule has 0 aliphatic carbocycles. The van der Waals surface area contributed by atoms with Crippen LogP contribution >= 0.6 is 11.6 Å². The molecule has 0 fully saturated rings. The molecule has 25 heavy (non-hydrogen) atoms. The van der Waals surface area contributed by atoms with E-state index in [0.717, 1.165) is 22.6 Å². The average molecular weight is 366 g/mol. The molecule has 134 valence electrons. The summed E-state index contributed by atoms with van der Waals surface area (Å²) in [4.78, 5) is 22.4. The topological polar surface area (TPSA) is 93.5 Å². The Kier molecular flexibility index (Phi) is 6.55. The number of rotatable bonds is 8. The summed E-state index contributed by atoms with van der Waals surface area (Å²) in [5.41, 5.74) is 3.40. The number of hydrogen-bond acceptors (Lipinski definition) is 4. The molecule has 0 bridgehead atoms. The molecule has 0 radical (unpaired) electrons. The number of nitrogens with one attached hydrogen (secondary N) is 1. The van der Waals surface area contributed by atoms with Crippen molar-refractivity contribution in [3.63, 3.8) is 0 Å². The summed E-state index contributed by atoms with van der Waals surface area (Å²) in [5.74, 6) is -1.20. The Hall–Kier alpha value is -2.38. The maximum absolute atomic E-state index is 12.1. The number of amides is 1. The fourth-order valence-electron chi connectivity index (χ4n) is 2.41. The summed E-state index contributed by atoms with van der Waals surface area (Å²) in [6, 6.07) is 7.31. The minimum absolute atomic E-state index is 0.153. The van der Waals surface area contributed by atoms with Crippen LogP contribution in [0.3, 0.4) is 0 Å². The van der Waals surface area contributed by atoms with E-state index in [4.69, 9.17) is 21.4 Å². The first kappa shape index (κ1) is 19.0. The van der Waals surface area contributed by atoms with Gasteiger partial charge in [0.25, 0.3) is 0 Å². The summed E-state index contributed by atoms with van der Waals surface area (Å²) in [6.07, 6.45) is 0.199. The maximum atomic E-state index is 12.1. The van der Waals surface area contributed by atoms with Crippen LogP contribution in [-0.2, 0) is 20.7 Å². The normalized spacial score (nSPS) is 10.7. The van der Waals surface area contributed by atoms with Crippen molar-refractivity contribution in [2.24, 2.45) is 0 Å². The number of carboxylic acid groups (broad SMARTS) is 1. The molecule has 1 heterocycles. The number of nitrogens with zero attached hydrogens (tertiary/aromatic N) is 2. The number of ether oxygens (including phenoxy) is 1. The third kappa shape index (κ3) is 5.30. The van der Waals surface area contributed by atoms with Gasteiger partial charge in [-0.3, -0.25) is 4.79 Å². The average Bonchev–Trinajstić information content (AvgIpc) is 2.83. The van der Waals surface area contributed by atoms with Crippen LogP contribution in [0.2, 0.25) is 5.02 Å². The Morgan fingerprint density at radius 2 is 1.96 bits per heavy atom. The van der Waals surface area contributed by atoms with Crippen LogP contribution in [0.1, 0.15) is 17.0 Å². The third-order valence-electron chi connectivity index (χ3n) is 3.64. The molecule has 2 rings (SSSR count). The second-order valence-electron chi connectivity index (χ2n) is 5.51. The molecule has 7 nitrogen and oxygen atoms in total. The zero-order valence-electron chi connectivity index (χ0n) is 14.1. The summed E-state index contributed by atoms with van der Waals surface area (Å²) in [7, 11) is 0. The Balaban J connectivity index is 1.97. The van der Waals surface area contributed by atoms with Crippen LogP contribution in [0.15, 0.2) is 24.3 Å². The lowest BCUT2D eigenvalue weighted by atomic mass is 10.1. The van der Waals surface area contributed by atoms with Gasteiger partial charge in [-0.25, -0.2) is 9.48 Å². The second kappa shape index (κ2) is 8.64. The Morgan fingerprint density at radius 1 is 1.28 bits per heavy atom. The molecule has 2 aromatic rings. The smallest absolute Gasteiger partial charge is 0.329 e. The minimum Gasteiger partial charge on any atom is -0.480 e. The van der Waals surface area contributed by atoms with E-state index in [2.05, 4.69) is 10.4 Å². The molecule has 0 aliphatic heterocycles. The fraction of sp³-hybridized carbons (Fsp3) is 0.353. The molecule has 1 aromatic heterocycles. The van der Waals surface area contributed by atoms with Crippen molar-refractivity contribution >= 4 is 23.5 Å². The summed E-state index contributed by atoms with van der Waals surface area (Å²) in [5, 5.41) is 16.3. The molecule has 0 atom stereocenters. The molecule has 1 amide bonds. The molecule has 1 aromatic carbocycles. The zero-order valence-corrected chi connectivity index (χ0v) is 14.8. The van der Waals surface area contributed by atoms with Gasteiger partial charge in [-0.15, -0.1) is 0 Å². The number of carbonyl (C=O) groups is 2. The van der Waals surface area contributed by atoms with Crippen molar-refractivity contribution in [1.82, 2.24) is 15.1 Å². The molecule has 8 heteroatoms. The monoisotopic (exact) mass is 365 g/mol. The molecular weight excluding hydrogens is 346 g/mol. The lowest BCUT2D eigenvalue weighted by Crippen LogP contribution is -2.29. The highest BCUT2D eigenvalue weighted by Crippen LogP contribution is 2.20. The highest BCUT2D eigenvalue weighted by molar-refractivity contribution is 6.30. The largest absolute Gasteiger partial charge is 0.480 e. The molecule has 0 unspecified atom stereocenters. The lowest BCUT2D eigenvalue weighted by molar-refractivity contribution is -0.142. The molecular formula is C17H20ClN3O4. The first-order chi connectivity index (χ1) is 11.9. The molecule has 0 spiro atoms. The van der Waals surface area contributed by atoms with E-state index in [-0.39, 0.29) is 32.1 Å². The summed E-state index contributed by atoms with van der Waals surface area (Å²) in [6.45, 7) is 3.81. The fourth-order valence-corrected chi connectivity index (χ4v) is 2.54. The number of aliphatic carboxylic acids is 1. The van der Waals surface area contributed by atoms with Gasteiger partial charge in [0, 0.05) is 22.8 Å². The van der Waals surface area contributed by atoms with Gasteiger partial charge in [-0.05, 0) is 38.1 Å². The van der Waals surface area contributed by atoms with Crippen LogP contribution in [0, 0.1) is 13.8 Å². The number of halogens is 1. The van der Waals surface area contributed by atoms with E-state index in [1.165, 1.54) is 0 Å². The Bertz CT molecular complexity index is 756. The van der Waals surface area contributed by atoms with Gasteiger partial charge in [-0.2, -0.15) is 5.10 Å². The highest BCUT2D eigenvalue weighted by Gasteiger charge is 2.15. The Morgan fingerprint density at radius 3 is 2.60 bits per heavy atom. The molecule has 0 aliphatic rings. The van der Waals surface area contributed by atoms with E-state index >= 15 is 0 Å². The van der Waals surface area contributed by atoms with Crippen molar-refractivity contribution in [3.8, 4) is 5.69 Å². The number of benzene rings is 1. The number of carboxylic acids is 1. The summed E-state index contributed by atoms with van der Waals surface area (Å²) >= 11 is 5.91. The van der Waals surface area contributed by atoms with Gasteiger partial charge in [0.1, 0.15) is 6.61 Å². The quantitative estimate of drug-likeness (QED) is 0.697. The van der Waals surface area contributed by atoms with Crippen molar-refractivity contribution in [2.45, 2.75) is 20.3 Å². The third-order valence-corrected chi connectivity index (χ3v) is 3.90. The van der Waals surface area contributed by atoms with E-state index in [0.29, 0.717) is 5.02 Å². The molecule has 2 N–H and O–H groups in total. The summed E-state index contributed by atoms with van der Waals surface area (Å²) < 4.78 is 6.66. The van der Waals surface area contributed by atoms with Crippen molar-refractivity contribution in [3.05, 3.63) is 46.2 Å². The predicted octanol–water partition coefficient (Wildman–Crippen LogP) is 1.90. The molecule has 0 saturated heterocycles. The number of aromatic nitrogens is 2. The van der Waals surface area contributed by atoms with Gasteiger partial charge < -0.3 is 15.2 Å². The van der Waals surface area contributed by atoms with Gasteiger partial charge in [0.05, 0.1) is 24.4 Å². The van der Waals surface area contributed by atoms with Gasteiger partial charge in [-0.1, -0.05) is 11.6 Å². The minimum atomic E-state index is -1.04. The number of hydrogen-bond donors (Lipinski definition) is 2. The zero-order chi connectivity index (χ0) is 18.4. The van der Waals surface area contributed by atoms with Crippen LogP contribution in [0.4, 0.5) is 0 Å². The SMILES string of the molecule is Cc1nn(-c2ccc(Cl)cc2)c(C)c1CC(=O)NCCOCC(=O)O. The van der Waals surface area contributed by atoms with E-state index in [9.17, 15) is 9.59 Å². The van der Waals surface area contributed by atoms with Crippen molar-refractivity contribution in [2.75, 3.05) is 19.8 Å². The number of aryl methyl sites for hydroxylation is 1. The van der Waals surface area contributed by atoms with Crippen LogP contribution < -0.4 is 5.32 Å². The standard InChI is InChI=1S/C17H20ClN3O4/c1-11-15(9-16(22)19-7-8-25-10-17(23)24)12(2)21(20-11)14-5-3-13(18)4-6-14/h3-6H,7-10H2,1-2H3,(H,19,22)(H,23,24). The van der Waals surface area contributed by atoms with E-state index in [1.54, 1.807) is 16.8 Å². The Labute approximate surface area is 150 Å². The number of carbonyl (C=O) groups excluding carboxylic acids is 1. The first-order valence-electron chi connectivity index (χ1n) is 7.75. The second-order valence-corrected chi connectivity index (χ2v) is 5.95. The van der Waals surface area contributed by atoms with Crippen molar-refractivity contribution in [1.29, 1.82) is 0 Å². The van der Waals surface area contributed by atoms with Gasteiger partial charge in [0.15, 0.2) is 0 Å². The lowest BCUT2D eigenvalue weighted by Gasteiger charge is -2.07.